The molecule has 1 aromatic heterocycles. The number of aromatic nitrogens is 2. The van der Waals surface area contributed by atoms with Crippen LogP contribution >= 0.6 is 0 Å². The molecule has 15 heavy (non-hydrogen) atoms. The minimum absolute atomic E-state index is 0.0241. The van der Waals surface area contributed by atoms with E-state index in [9.17, 15) is 9.59 Å². The van der Waals surface area contributed by atoms with Crippen LogP contribution in [0.15, 0.2) is 23.5 Å². The van der Waals surface area contributed by atoms with E-state index in [-0.39, 0.29) is 11.1 Å². The number of aromatic amines is 1. The van der Waals surface area contributed by atoms with Gasteiger partial charge in [0, 0.05) is 17.3 Å². The zero-order valence-electron chi connectivity index (χ0n) is 8.37. The Bertz CT molecular complexity index is 406. The van der Waals surface area contributed by atoms with Crippen LogP contribution in [-0.4, -0.2) is 27.2 Å². The number of amides is 1. The molecule has 0 atom stereocenters. The first kappa shape index (κ1) is 11.0. The van der Waals surface area contributed by atoms with Crippen LogP contribution in [0, 0.1) is 0 Å². The summed E-state index contributed by atoms with van der Waals surface area (Å²) in [5, 5.41) is 17.3. The predicted molar refractivity (Wildman–Crippen MR) is 53.2 cm³/mol. The summed E-state index contributed by atoms with van der Waals surface area (Å²) in [7, 11) is 0. The van der Waals surface area contributed by atoms with Crippen molar-refractivity contribution in [2.45, 2.75) is 13.8 Å². The van der Waals surface area contributed by atoms with Crippen molar-refractivity contribution in [2.24, 2.45) is 0 Å². The minimum atomic E-state index is -1.10. The SMILES string of the molecule is C/C(C(=O)O)=C(/C)C(=O)Nc1cn[nH]c1. The van der Waals surface area contributed by atoms with Crippen LogP contribution in [0.2, 0.25) is 0 Å². The molecule has 0 aromatic carbocycles. The van der Waals surface area contributed by atoms with Gasteiger partial charge in [-0.05, 0) is 13.8 Å². The second-order valence-corrected chi connectivity index (χ2v) is 3.00. The minimum Gasteiger partial charge on any atom is -0.478 e. The lowest BCUT2D eigenvalue weighted by atomic mass is 10.1. The molecule has 0 fully saturated rings. The fraction of sp³-hybridized carbons (Fsp3) is 0.222. The maximum absolute atomic E-state index is 11.5. The van der Waals surface area contributed by atoms with Gasteiger partial charge in [-0.25, -0.2) is 4.79 Å². The maximum atomic E-state index is 11.5. The van der Waals surface area contributed by atoms with Gasteiger partial charge in [-0.15, -0.1) is 0 Å². The smallest absolute Gasteiger partial charge is 0.331 e. The zero-order chi connectivity index (χ0) is 11.4. The van der Waals surface area contributed by atoms with Crippen molar-refractivity contribution in [3.05, 3.63) is 23.5 Å². The summed E-state index contributed by atoms with van der Waals surface area (Å²) in [4.78, 5) is 22.1. The monoisotopic (exact) mass is 209 g/mol. The number of H-pyrrole nitrogens is 1. The normalized spacial score (nSPS) is 11.9. The van der Waals surface area contributed by atoms with E-state index in [1.165, 1.54) is 26.2 Å². The Labute approximate surface area is 86.0 Å². The van der Waals surface area contributed by atoms with Crippen molar-refractivity contribution in [3.63, 3.8) is 0 Å². The van der Waals surface area contributed by atoms with Crippen molar-refractivity contribution in [1.82, 2.24) is 10.2 Å². The van der Waals surface area contributed by atoms with E-state index >= 15 is 0 Å². The molecule has 3 N–H and O–H groups in total. The number of aliphatic carboxylic acids is 1. The Morgan fingerprint density at radius 3 is 2.53 bits per heavy atom. The lowest BCUT2D eigenvalue weighted by Gasteiger charge is -2.03. The van der Waals surface area contributed by atoms with Crippen LogP contribution < -0.4 is 5.32 Å². The first-order valence-electron chi connectivity index (χ1n) is 4.23. The van der Waals surface area contributed by atoms with Crippen LogP contribution in [0.4, 0.5) is 5.69 Å². The van der Waals surface area contributed by atoms with E-state index < -0.39 is 11.9 Å². The summed E-state index contributed by atoms with van der Waals surface area (Å²) < 4.78 is 0. The second kappa shape index (κ2) is 4.41. The molecule has 1 amide bonds. The van der Waals surface area contributed by atoms with Crippen LogP contribution in [0.1, 0.15) is 13.8 Å². The summed E-state index contributed by atoms with van der Waals surface area (Å²) in [6.07, 6.45) is 2.93. The Hall–Kier alpha value is -2.11. The number of nitrogens with one attached hydrogen (secondary N) is 2. The molecule has 0 radical (unpaired) electrons. The lowest BCUT2D eigenvalue weighted by molar-refractivity contribution is -0.133. The molecular formula is C9H11N3O3. The van der Waals surface area contributed by atoms with Gasteiger partial charge in [-0.3, -0.25) is 9.89 Å². The number of hydrogen-bond donors (Lipinski definition) is 3. The van der Waals surface area contributed by atoms with Gasteiger partial charge in [0.05, 0.1) is 11.9 Å². The van der Waals surface area contributed by atoms with E-state index in [2.05, 4.69) is 15.5 Å². The highest BCUT2D eigenvalue weighted by Gasteiger charge is 2.12. The van der Waals surface area contributed by atoms with E-state index in [0.717, 1.165) is 0 Å². The molecule has 1 aromatic rings. The standard InChI is InChI=1S/C9H11N3O3/c1-5(6(2)9(14)15)8(13)12-7-3-10-11-4-7/h3-4H,1-2H3,(H,10,11)(H,12,13)(H,14,15)/b6-5+. The van der Waals surface area contributed by atoms with Crippen molar-refractivity contribution in [1.29, 1.82) is 0 Å². The highest BCUT2D eigenvalue weighted by Crippen LogP contribution is 2.08. The number of carboxylic acids is 1. The average molecular weight is 209 g/mol. The fourth-order valence-corrected chi connectivity index (χ4v) is 0.875. The number of carbonyl (C=O) groups is 2. The molecule has 0 saturated heterocycles. The van der Waals surface area contributed by atoms with Gasteiger partial charge in [-0.1, -0.05) is 0 Å². The molecule has 1 rings (SSSR count). The lowest BCUT2D eigenvalue weighted by Crippen LogP contribution is -2.15. The third-order valence-corrected chi connectivity index (χ3v) is 1.98. The molecule has 0 aliphatic carbocycles. The zero-order valence-corrected chi connectivity index (χ0v) is 8.37. The van der Waals surface area contributed by atoms with Crippen molar-refractivity contribution < 1.29 is 14.7 Å². The molecule has 0 unspecified atom stereocenters. The summed E-state index contributed by atoms with van der Waals surface area (Å²) in [6, 6.07) is 0. The Kier molecular flexibility index (Phi) is 3.22. The highest BCUT2D eigenvalue weighted by molar-refractivity contribution is 6.07. The summed E-state index contributed by atoms with van der Waals surface area (Å²) >= 11 is 0. The van der Waals surface area contributed by atoms with Crippen molar-refractivity contribution in [3.8, 4) is 0 Å². The number of nitrogens with zero attached hydrogens (tertiary/aromatic N) is 1. The van der Waals surface area contributed by atoms with E-state index in [0.29, 0.717) is 5.69 Å². The molecule has 0 aliphatic heterocycles. The van der Waals surface area contributed by atoms with Crippen LogP contribution in [0.3, 0.4) is 0 Å². The molecule has 0 saturated carbocycles. The van der Waals surface area contributed by atoms with Gasteiger partial charge in [0.15, 0.2) is 0 Å². The Morgan fingerprint density at radius 1 is 1.40 bits per heavy atom. The Balaban J connectivity index is 2.78. The van der Waals surface area contributed by atoms with Gasteiger partial charge < -0.3 is 10.4 Å². The molecule has 1 heterocycles. The molecule has 0 spiro atoms. The quantitative estimate of drug-likeness (QED) is 0.640. The number of hydrogen-bond acceptors (Lipinski definition) is 3. The molecule has 80 valence electrons. The maximum Gasteiger partial charge on any atom is 0.331 e. The topological polar surface area (TPSA) is 95.1 Å². The van der Waals surface area contributed by atoms with Crippen LogP contribution in [0.25, 0.3) is 0 Å². The van der Waals surface area contributed by atoms with Gasteiger partial charge >= 0.3 is 5.97 Å². The third-order valence-electron chi connectivity index (χ3n) is 1.98. The van der Waals surface area contributed by atoms with E-state index in [4.69, 9.17) is 5.11 Å². The van der Waals surface area contributed by atoms with Gasteiger partial charge in [0.25, 0.3) is 5.91 Å². The molecule has 6 heteroatoms. The fourth-order valence-electron chi connectivity index (χ4n) is 0.875. The van der Waals surface area contributed by atoms with Crippen LogP contribution in [0.5, 0.6) is 0 Å². The van der Waals surface area contributed by atoms with E-state index in [1.807, 2.05) is 0 Å². The van der Waals surface area contributed by atoms with Gasteiger partial charge in [0.1, 0.15) is 0 Å². The third kappa shape index (κ3) is 2.67. The number of carbonyl (C=O) groups excluding carboxylic acids is 1. The van der Waals surface area contributed by atoms with Gasteiger partial charge in [-0.2, -0.15) is 5.10 Å². The van der Waals surface area contributed by atoms with Gasteiger partial charge in [0.2, 0.25) is 0 Å². The summed E-state index contributed by atoms with van der Waals surface area (Å²) in [6.45, 7) is 2.84. The second-order valence-electron chi connectivity index (χ2n) is 3.00. The summed E-state index contributed by atoms with van der Waals surface area (Å²) in [5.41, 5.74) is 0.692. The largest absolute Gasteiger partial charge is 0.478 e. The Morgan fingerprint density at radius 2 is 2.07 bits per heavy atom. The molecule has 0 aliphatic rings. The average Bonchev–Trinajstić information content (AvgIpc) is 2.67. The molecule has 6 nitrogen and oxygen atoms in total. The number of rotatable bonds is 3. The van der Waals surface area contributed by atoms with Crippen LogP contribution in [-0.2, 0) is 9.59 Å². The first-order valence-corrected chi connectivity index (χ1v) is 4.23. The predicted octanol–water partition coefficient (Wildman–Crippen LogP) is 0.769. The number of carboxylic acid groups (broad SMARTS) is 1. The molecule has 0 bridgehead atoms. The van der Waals surface area contributed by atoms with Crippen molar-refractivity contribution in [2.75, 3.05) is 5.32 Å². The first-order chi connectivity index (χ1) is 7.02. The van der Waals surface area contributed by atoms with Crippen molar-refractivity contribution >= 4 is 17.6 Å². The van der Waals surface area contributed by atoms with E-state index in [1.54, 1.807) is 0 Å². The number of anilines is 1. The molecular weight excluding hydrogens is 198 g/mol. The summed E-state index contributed by atoms with van der Waals surface area (Å²) in [5.74, 6) is -1.55. The highest BCUT2D eigenvalue weighted by atomic mass is 16.4.